The molecule has 0 aromatic heterocycles. The van der Waals surface area contributed by atoms with Crippen LogP contribution in [0.25, 0.3) is 0 Å². The van der Waals surface area contributed by atoms with E-state index in [-0.39, 0.29) is 25.7 Å². The van der Waals surface area contributed by atoms with Crippen LogP contribution in [0.1, 0.15) is 426 Å². The van der Waals surface area contributed by atoms with Gasteiger partial charge in [0.05, 0.1) is 26.4 Å². The summed E-state index contributed by atoms with van der Waals surface area (Å²) >= 11 is 0. The van der Waals surface area contributed by atoms with E-state index < -0.39 is 97.5 Å². The van der Waals surface area contributed by atoms with Crippen LogP contribution < -0.4 is 0 Å². The van der Waals surface area contributed by atoms with Gasteiger partial charge in [0.1, 0.15) is 19.3 Å². The largest absolute Gasteiger partial charge is 0.472 e. The highest BCUT2D eigenvalue weighted by Gasteiger charge is 2.30. The lowest BCUT2D eigenvalue weighted by atomic mass is 10.0. The van der Waals surface area contributed by atoms with Gasteiger partial charge in [0.15, 0.2) is 12.2 Å². The summed E-state index contributed by atoms with van der Waals surface area (Å²) in [6.07, 6.45) is 65.4. The van der Waals surface area contributed by atoms with Crippen LogP contribution in [0.3, 0.4) is 0 Å². The fourth-order valence-corrected chi connectivity index (χ4v) is 13.9. The second kappa shape index (κ2) is 73.4. The van der Waals surface area contributed by atoms with Crippen LogP contribution in [0.15, 0.2) is 0 Å². The number of phosphoric ester groups is 2. The van der Waals surface area contributed by atoms with E-state index in [9.17, 15) is 43.2 Å². The maximum absolute atomic E-state index is 13.1. The normalized spacial score (nSPS) is 13.8. The molecule has 17 nitrogen and oxygen atoms in total. The Morgan fingerprint density at radius 3 is 0.602 bits per heavy atom. The van der Waals surface area contributed by atoms with Crippen molar-refractivity contribution in [1.29, 1.82) is 0 Å². The molecule has 0 heterocycles. The van der Waals surface area contributed by atoms with Crippen LogP contribution in [0.4, 0.5) is 0 Å². The van der Waals surface area contributed by atoms with E-state index in [1.54, 1.807) is 0 Å². The molecular weight excluding hydrogens is 1280 g/mol. The number of aliphatic hydroxyl groups excluding tert-OH is 1. The predicted molar refractivity (Wildman–Crippen MR) is 400 cm³/mol. The van der Waals surface area contributed by atoms with Crippen molar-refractivity contribution in [2.24, 2.45) is 0 Å². The highest BCUT2D eigenvalue weighted by atomic mass is 31.2. The number of rotatable bonds is 80. The zero-order chi connectivity index (χ0) is 71.8. The van der Waals surface area contributed by atoms with Crippen LogP contribution in [-0.4, -0.2) is 96.7 Å². The third kappa shape index (κ3) is 72.4. The summed E-state index contributed by atoms with van der Waals surface area (Å²) < 4.78 is 68.5. The molecule has 0 saturated heterocycles. The first-order valence-electron chi connectivity index (χ1n) is 41.3. The molecule has 0 bridgehead atoms. The third-order valence-corrected chi connectivity index (χ3v) is 20.5. The van der Waals surface area contributed by atoms with Gasteiger partial charge in [-0.15, -0.1) is 0 Å². The number of unbranched alkanes of at least 4 members (excludes halogenated alkanes) is 54. The summed E-state index contributed by atoms with van der Waals surface area (Å²) in [6.45, 7) is 4.98. The fraction of sp³-hybridized carbons (Fsp3) is 0.949. The molecule has 0 aliphatic rings. The minimum Gasteiger partial charge on any atom is -0.462 e. The molecular formula is C79H154O17P2. The van der Waals surface area contributed by atoms with Crippen molar-refractivity contribution in [3.05, 3.63) is 0 Å². The average molecular weight is 1440 g/mol. The highest BCUT2D eigenvalue weighted by molar-refractivity contribution is 7.47. The van der Waals surface area contributed by atoms with Gasteiger partial charge < -0.3 is 33.8 Å². The first-order chi connectivity index (χ1) is 47.7. The SMILES string of the molecule is CCCCCCCCCCCCCCCCCCCCCCCCC(=O)O[C@H](COC(=O)CCCCCCCCCCCCCCCCCC)COP(=O)(O)OC[C@@H](O)COP(=O)(O)OC[C@@H](COC(=O)CCCCCCCCCC)OC(=O)CCCCCCCCCCCCCC. The monoisotopic (exact) mass is 1440 g/mol. The lowest BCUT2D eigenvalue weighted by Gasteiger charge is -2.21. The molecule has 0 spiro atoms. The minimum atomic E-state index is -4.96. The molecule has 0 radical (unpaired) electrons. The molecule has 0 saturated carbocycles. The number of hydrogen-bond donors (Lipinski definition) is 3. The van der Waals surface area contributed by atoms with Gasteiger partial charge in [0, 0.05) is 25.7 Å². The van der Waals surface area contributed by atoms with Crippen LogP contribution in [-0.2, 0) is 65.4 Å². The van der Waals surface area contributed by atoms with Crippen molar-refractivity contribution in [2.45, 2.75) is 444 Å². The van der Waals surface area contributed by atoms with Crippen molar-refractivity contribution < 1.29 is 80.2 Å². The molecule has 98 heavy (non-hydrogen) atoms. The highest BCUT2D eigenvalue weighted by Crippen LogP contribution is 2.45. The molecule has 0 aromatic carbocycles. The topological polar surface area (TPSA) is 237 Å². The smallest absolute Gasteiger partial charge is 0.462 e. The van der Waals surface area contributed by atoms with Crippen LogP contribution in [0.5, 0.6) is 0 Å². The van der Waals surface area contributed by atoms with E-state index in [2.05, 4.69) is 27.7 Å². The van der Waals surface area contributed by atoms with Crippen LogP contribution in [0, 0.1) is 0 Å². The van der Waals surface area contributed by atoms with Gasteiger partial charge >= 0.3 is 39.5 Å². The average Bonchev–Trinajstić information content (AvgIpc) is 1.04. The second-order valence-corrected chi connectivity index (χ2v) is 31.4. The Bertz CT molecular complexity index is 1860. The van der Waals surface area contributed by atoms with E-state index in [4.69, 9.17) is 37.0 Å². The lowest BCUT2D eigenvalue weighted by molar-refractivity contribution is -0.161. The van der Waals surface area contributed by atoms with Gasteiger partial charge in [-0.05, 0) is 25.7 Å². The Labute approximate surface area is 600 Å². The number of esters is 4. The number of aliphatic hydroxyl groups is 1. The number of carbonyl (C=O) groups is 4. The first-order valence-corrected chi connectivity index (χ1v) is 44.3. The fourth-order valence-electron chi connectivity index (χ4n) is 12.3. The molecule has 582 valence electrons. The van der Waals surface area contributed by atoms with E-state index in [0.29, 0.717) is 25.7 Å². The molecule has 0 aliphatic carbocycles. The molecule has 0 aromatic rings. The molecule has 0 fully saturated rings. The summed E-state index contributed by atoms with van der Waals surface area (Å²) in [6, 6.07) is 0. The molecule has 5 atom stereocenters. The Morgan fingerprint density at radius 1 is 0.245 bits per heavy atom. The Balaban J connectivity index is 5.16. The Hall–Kier alpha value is -1.94. The first kappa shape index (κ1) is 96.1. The van der Waals surface area contributed by atoms with Gasteiger partial charge in [0.2, 0.25) is 0 Å². The minimum absolute atomic E-state index is 0.108. The summed E-state index contributed by atoms with van der Waals surface area (Å²) in [5, 5.41) is 10.6. The van der Waals surface area contributed by atoms with E-state index in [0.717, 1.165) is 89.9 Å². The van der Waals surface area contributed by atoms with Gasteiger partial charge in [-0.3, -0.25) is 37.3 Å². The molecule has 0 amide bonds. The molecule has 2 unspecified atom stereocenters. The van der Waals surface area contributed by atoms with Gasteiger partial charge in [-0.25, -0.2) is 9.13 Å². The summed E-state index contributed by atoms with van der Waals surface area (Å²) in [4.78, 5) is 72.8. The van der Waals surface area contributed by atoms with Crippen molar-refractivity contribution in [1.82, 2.24) is 0 Å². The third-order valence-electron chi connectivity index (χ3n) is 18.6. The van der Waals surface area contributed by atoms with Crippen molar-refractivity contribution in [2.75, 3.05) is 39.6 Å². The van der Waals surface area contributed by atoms with Gasteiger partial charge in [0.25, 0.3) is 0 Å². The quantitative estimate of drug-likeness (QED) is 0.0222. The number of hydrogen-bond acceptors (Lipinski definition) is 15. The Morgan fingerprint density at radius 2 is 0.408 bits per heavy atom. The maximum Gasteiger partial charge on any atom is 0.472 e. The van der Waals surface area contributed by atoms with Gasteiger partial charge in [-0.1, -0.05) is 374 Å². The summed E-state index contributed by atoms with van der Waals surface area (Å²) in [7, 11) is -9.91. The summed E-state index contributed by atoms with van der Waals surface area (Å²) in [5.74, 6) is -2.11. The van der Waals surface area contributed by atoms with E-state index in [1.165, 1.54) is 257 Å². The van der Waals surface area contributed by atoms with Crippen molar-refractivity contribution >= 4 is 39.5 Å². The zero-order valence-corrected chi connectivity index (χ0v) is 65.6. The van der Waals surface area contributed by atoms with Crippen molar-refractivity contribution in [3.8, 4) is 0 Å². The second-order valence-electron chi connectivity index (χ2n) is 28.5. The summed E-state index contributed by atoms with van der Waals surface area (Å²) in [5.41, 5.74) is 0. The number of ether oxygens (including phenoxy) is 4. The number of carbonyl (C=O) groups excluding carboxylic acids is 4. The molecule has 0 rings (SSSR count). The van der Waals surface area contributed by atoms with Crippen molar-refractivity contribution in [3.63, 3.8) is 0 Å². The number of phosphoric acid groups is 2. The standard InChI is InChI=1S/C79H154O17P2/c1-5-9-13-17-21-25-28-31-33-35-36-37-38-39-40-42-44-47-50-54-58-62-66-79(84)96-75(70-90-77(82)64-60-56-52-48-46-43-41-34-32-29-26-22-18-14-10-6-2)72-94-98(87,88)92-68-73(80)67-91-97(85,86)93-71-74(69-89-76(81)63-59-55-51-24-20-16-12-8-4)95-78(83)65-61-57-53-49-45-30-27-23-19-15-11-7-3/h73-75,80H,5-72H2,1-4H3,(H,85,86)(H,87,88)/t73-,74+,75+/m0/s1. The van der Waals surface area contributed by atoms with Gasteiger partial charge in [-0.2, -0.15) is 0 Å². The lowest BCUT2D eigenvalue weighted by Crippen LogP contribution is -2.30. The maximum atomic E-state index is 13.1. The van der Waals surface area contributed by atoms with E-state index in [1.807, 2.05) is 0 Å². The molecule has 3 N–H and O–H groups in total. The van der Waals surface area contributed by atoms with Crippen LogP contribution in [0.2, 0.25) is 0 Å². The van der Waals surface area contributed by atoms with E-state index >= 15 is 0 Å². The Kier molecular flexibility index (Phi) is 71.9. The molecule has 0 aliphatic heterocycles. The predicted octanol–water partition coefficient (Wildman–Crippen LogP) is 23.8. The zero-order valence-electron chi connectivity index (χ0n) is 63.8. The van der Waals surface area contributed by atoms with Crippen LogP contribution >= 0.6 is 15.6 Å². The molecule has 19 heteroatoms.